The summed E-state index contributed by atoms with van der Waals surface area (Å²) in [5, 5.41) is 2.22. The molecule has 0 bridgehead atoms. The number of benzene rings is 6. The first kappa shape index (κ1) is 25.9. The Kier molecular flexibility index (Phi) is 5.46. The number of furan rings is 1. The molecule has 0 saturated carbocycles. The third kappa shape index (κ3) is 3.77. The van der Waals surface area contributed by atoms with Crippen molar-refractivity contribution in [2.24, 2.45) is 0 Å². The monoisotopic (exact) mass is 580 g/mol. The number of nitrogens with zero attached hydrogens (tertiary/aromatic N) is 2. The second-order valence-electron chi connectivity index (χ2n) is 12.7. The van der Waals surface area contributed by atoms with Gasteiger partial charge < -0.3 is 13.9 Å². The second kappa shape index (κ2) is 9.48. The predicted molar refractivity (Wildman–Crippen MR) is 188 cm³/mol. The van der Waals surface area contributed by atoms with Gasteiger partial charge in [-0.2, -0.15) is 0 Å². The van der Waals surface area contributed by atoms with Crippen molar-refractivity contribution in [3.63, 3.8) is 0 Å². The first-order valence-electron chi connectivity index (χ1n) is 15.6. The molecule has 0 radical (unpaired) electrons. The Hall–Kier alpha value is -5.54. The van der Waals surface area contributed by atoms with Crippen LogP contribution in [0.3, 0.4) is 0 Å². The van der Waals surface area contributed by atoms with Crippen LogP contribution in [0.25, 0.3) is 49.8 Å². The van der Waals surface area contributed by atoms with Gasteiger partial charge in [0.25, 0.3) is 0 Å². The van der Waals surface area contributed by atoms with Gasteiger partial charge in [-0.15, -0.1) is 0 Å². The maximum Gasteiger partial charge on any atom is 0.161 e. The molecule has 0 N–H and O–H groups in total. The highest BCUT2D eigenvalue weighted by molar-refractivity contribution is 6.17. The van der Waals surface area contributed by atoms with Gasteiger partial charge in [0, 0.05) is 27.6 Å². The minimum Gasteiger partial charge on any atom is -0.454 e. The number of hydrogen-bond donors (Lipinski definition) is 0. The summed E-state index contributed by atoms with van der Waals surface area (Å²) >= 11 is 0. The van der Waals surface area contributed by atoms with Crippen LogP contribution in [-0.2, 0) is 5.41 Å². The van der Waals surface area contributed by atoms with E-state index in [0.29, 0.717) is 0 Å². The van der Waals surface area contributed by atoms with Crippen LogP contribution in [0.4, 0.5) is 17.1 Å². The molecule has 0 fully saturated rings. The van der Waals surface area contributed by atoms with E-state index in [4.69, 9.17) is 4.42 Å². The van der Waals surface area contributed by atoms with Crippen LogP contribution in [0.5, 0.6) is 0 Å². The fourth-order valence-corrected chi connectivity index (χ4v) is 7.38. The molecule has 6 aromatic carbocycles. The Balaban J connectivity index is 1.32. The van der Waals surface area contributed by atoms with Gasteiger partial charge in [-0.3, -0.25) is 0 Å². The summed E-state index contributed by atoms with van der Waals surface area (Å²) in [5.74, 6) is 0. The summed E-state index contributed by atoms with van der Waals surface area (Å²) in [5.41, 5.74) is 14.9. The van der Waals surface area contributed by atoms with Crippen molar-refractivity contribution in [1.82, 2.24) is 4.57 Å². The SMILES string of the molecule is Cc1ccc2c(c1)C(C)(C)c1cc(-c3ccccc3)ccc1N2c1ccc2c(c1)c1oc3ccccc3c1n2-c1ccccc1. The zero-order valence-electron chi connectivity index (χ0n) is 25.6. The molecular weight excluding hydrogens is 548 g/mol. The molecule has 1 aliphatic rings. The summed E-state index contributed by atoms with van der Waals surface area (Å²) in [6.45, 7) is 6.90. The molecule has 2 aromatic heterocycles. The number of hydrogen-bond acceptors (Lipinski definition) is 2. The van der Waals surface area contributed by atoms with E-state index in [0.717, 1.165) is 44.3 Å². The Morgan fingerprint density at radius 3 is 2.04 bits per heavy atom. The van der Waals surface area contributed by atoms with Crippen LogP contribution in [0.1, 0.15) is 30.5 Å². The molecule has 0 atom stereocenters. The molecule has 0 aliphatic carbocycles. The minimum atomic E-state index is -0.176. The number of para-hydroxylation sites is 2. The van der Waals surface area contributed by atoms with E-state index in [-0.39, 0.29) is 5.41 Å². The van der Waals surface area contributed by atoms with Gasteiger partial charge in [0.1, 0.15) is 11.1 Å². The van der Waals surface area contributed by atoms with Gasteiger partial charge >= 0.3 is 0 Å². The molecule has 3 nitrogen and oxygen atoms in total. The summed E-state index contributed by atoms with van der Waals surface area (Å²) in [7, 11) is 0. The van der Waals surface area contributed by atoms with E-state index in [2.05, 4.69) is 164 Å². The standard InChI is InChI=1S/C42H32N2O/c1-27-18-21-37-34(24-27)42(2,3)35-25-29(28-12-6-4-7-13-28)19-22-38(35)43(37)31-20-23-36-33(26-31)41-40(32-16-10-11-17-39(32)45-41)44(36)30-14-8-5-9-15-30/h4-26H,1-3H3. The zero-order valence-corrected chi connectivity index (χ0v) is 25.6. The predicted octanol–water partition coefficient (Wildman–Crippen LogP) is 11.6. The van der Waals surface area contributed by atoms with Crippen molar-refractivity contribution >= 4 is 50.0 Å². The Morgan fingerprint density at radius 2 is 1.24 bits per heavy atom. The average Bonchev–Trinajstić information content (AvgIpc) is 3.60. The van der Waals surface area contributed by atoms with Gasteiger partial charge in [0.05, 0.1) is 16.9 Å². The largest absolute Gasteiger partial charge is 0.454 e. The van der Waals surface area contributed by atoms with Crippen LogP contribution >= 0.6 is 0 Å². The summed E-state index contributed by atoms with van der Waals surface area (Å²) < 4.78 is 8.97. The highest BCUT2D eigenvalue weighted by atomic mass is 16.3. The number of aryl methyl sites for hydroxylation is 1. The van der Waals surface area contributed by atoms with Gasteiger partial charge in [-0.1, -0.05) is 98.3 Å². The summed E-state index contributed by atoms with van der Waals surface area (Å²) in [6, 6.07) is 50.3. The van der Waals surface area contributed by atoms with Gasteiger partial charge in [0.2, 0.25) is 0 Å². The molecule has 3 heterocycles. The zero-order chi connectivity index (χ0) is 30.3. The fraction of sp³-hybridized carbons (Fsp3) is 0.0952. The molecule has 8 aromatic rings. The highest BCUT2D eigenvalue weighted by Gasteiger charge is 2.37. The van der Waals surface area contributed by atoms with Crippen molar-refractivity contribution in [1.29, 1.82) is 0 Å². The molecule has 0 unspecified atom stereocenters. The maximum atomic E-state index is 6.62. The molecule has 3 heteroatoms. The lowest BCUT2D eigenvalue weighted by Crippen LogP contribution is -2.30. The molecule has 0 saturated heterocycles. The number of rotatable bonds is 3. The van der Waals surface area contributed by atoms with E-state index in [1.165, 1.54) is 39.2 Å². The Bertz CT molecular complexity index is 2410. The molecule has 216 valence electrons. The van der Waals surface area contributed by atoms with E-state index >= 15 is 0 Å². The van der Waals surface area contributed by atoms with Crippen molar-refractivity contribution in [2.45, 2.75) is 26.2 Å². The van der Waals surface area contributed by atoms with Crippen molar-refractivity contribution in [3.8, 4) is 16.8 Å². The molecule has 0 spiro atoms. The number of aromatic nitrogens is 1. The topological polar surface area (TPSA) is 21.3 Å². The van der Waals surface area contributed by atoms with E-state index in [1.54, 1.807) is 0 Å². The van der Waals surface area contributed by atoms with E-state index in [1.807, 2.05) is 6.07 Å². The molecule has 9 rings (SSSR count). The normalized spacial score (nSPS) is 13.8. The van der Waals surface area contributed by atoms with Crippen molar-refractivity contribution in [3.05, 3.63) is 156 Å². The molecule has 1 aliphatic heterocycles. The quantitative estimate of drug-likeness (QED) is 0.207. The van der Waals surface area contributed by atoms with Crippen LogP contribution in [0.15, 0.2) is 144 Å². The summed E-state index contributed by atoms with van der Waals surface area (Å²) in [6.07, 6.45) is 0. The minimum absolute atomic E-state index is 0.176. The molecular formula is C42H32N2O. The van der Waals surface area contributed by atoms with Crippen LogP contribution in [0, 0.1) is 6.92 Å². The Labute approximate surface area is 262 Å². The smallest absolute Gasteiger partial charge is 0.161 e. The average molecular weight is 581 g/mol. The lowest BCUT2D eigenvalue weighted by Gasteiger charge is -2.42. The van der Waals surface area contributed by atoms with Gasteiger partial charge in [0.15, 0.2) is 5.58 Å². The third-order valence-electron chi connectivity index (χ3n) is 9.62. The van der Waals surface area contributed by atoms with Crippen LogP contribution in [0.2, 0.25) is 0 Å². The van der Waals surface area contributed by atoms with Crippen molar-refractivity contribution in [2.75, 3.05) is 4.90 Å². The maximum absolute atomic E-state index is 6.62. The van der Waals surface area contributed by atoms with Gasteiger partial charge in [-0.25, -0.2) is 0 Å². The highest BCUT2D eigenvalue weighted by Crippen LogP contribution is 2.53. The third-order valence-corrected chi connectivity index (χ3v) is 9.62. The second-order valence-corrected chi connectivity index (χ2v) is 12.7. The van der Waals surface area contributed by atoms with E-state index < -0.39 is 0 Å². The molecule has 0 amide bonds. The summed E-state index contributed by atoms with van der Waals surface area (Å²) in [4.78, 5) is 2.44. The first-order chi connectivity index (χ1) is 22.0. The molecule has 45 heavy (non-hydrogen) atoms. The van der Waals surface area contributed by atoms with Crippen LogP contribution in [-0.4, -0.2) is 4.57 Å². The number of fused-ring (bicyclic) bond motifs is 7. The lowest BCUT2D eigenvalue weighted by atomic mass is 9.72. The van der Waals surface area contributed by atoms with Gasteiger partial charge in [-0.05, 0) is 89.8 Å². The first-order valence-corrected chi connectivity index (χ1v) is 15.6. The van der Waals surface area contributed by atoms with Crippen molar-refractivity contribution < 1.29 is 4.42 Å². The fourth-order valence-electron chi connectivity index (χ4n) is 7.38. The van der Waals surface area contributed by atoms with Crippen LogP contribution < -0.4 is 4.90 Å². The van der Waals surface area contributed by atoms with E-state index in [9.17, 15) is 0 Å². The Morgan fingerprint density at radius 1 is 0.556 bits per heavy atom. The number of anilines is 3. The lowest BCUT2D eigenvalue weighted by molar-refractivity contribution is 0.631.